The van der Waals surface area contributed by atoms with Gasteiger partial charge in [0.15, 0.2) is 0 Å². The van der Waals surface area contributed by atoms with Crippen LogP contribution in [0.2, 0.25) is 0 Å². The number of nitrogens with two attached hydrogens (primary N) is 1. The van der Waals surface area contributed by atoms with Crippen LogP contribution >= 0.6 is 11.3 Å². The average molecular weight is 324 g/mol. The van der Waals surface area contributed by atoms with Crippen LogP contribution in [0.4, 0.5) is 5.69 Å². The predicted octanol–water partition coefficient (Wildman–Crippen LogP) is 3.27. The number of aryl methyl sites for hydroxylation is 2. The third-order valence-electron chi connectivity index (χ3n) is 3.19. The maximum atomic E-state index is 12.6. The second-order valence-corrected chi connectivity index (χ2v) is 7.84. The van der Waals surface area contributed by atoms with E-state index in [-0.39, 0.29) is 0 Å². The molecule has 0 atom stereocenters. The second kappa shape index (κ2) is 6.60. The summed E-state index contributed by atoms with van der Waals surface area (Å²) in [6.07, 6.45) is 1.81. The van der Waals surface area contributed by atoms with Gasteiger partial charge < -0.3 is 5.73 Å². The third kappa shape index (κ3) is 3.64. The van der Waals surface area contributed by atoms with Crippen LogP contribution in [-0.4, -0.2) is 8.42 Å². The lowest BCUT2D eigenvalue weighted by molar-refractivity contribution is 0.601. The summed E-state index contributed by atoms with van der Waals surface area (Å²) in [5.74, 6) is 0. The largest absolute Gasteiger partial charge is 0.326 e. The maximum absolute atomic E-state index is 12.6. The van der Waals surface area contributed by atoms with Crippen molar-refractivity contribution < 1.29 is 8.42 Å². The number of para-hydroxylation sites is 1. The van der Waals surface area contributed by atoms with Crippen molar-refractivity contribution in [2.24, 2.45) is 5.73 Å². The Balaban J connectivity index is 2.35. The van der Waals surface area contributed by atoms with Crippen LogP contribution in [0.3, 0.4) is 0 Å². The van der Waals surface area contributed by atoms with Gasteiger partial charge in [-0.1, -0.05) is 31.5 Å². The molecule has 0 saturated heterocycles. The molecule has 21 heavy (non-hydrogen) atoms. The lowest BCUT2D eigenvalue weighted by Gasteiger charge is -2.12. The zero-order chi connectivity index (χ0) is 15.5. The van der Waals surface area contributed by atoms with Crippen LogP contribution in [-0.2, 0) is 23.0 Å². The first-order valence-corrected chi connectivity index (χ1v) is 9.18. The lowest BCUT2D eigenvalue weighted by Crippen LogP contribution is -2.14. The summed E-state index contributed by atoms with van der Waals surface area (Å²) in [4.78, 5) is 1.95. The van der Waals surface area contributed by atoms with Gasteiger partial charge in [0.1, 0.15) is 4.90 Å². The molecule has 114 valence electrons. The fourth-order valence-corrected chi connectivity index (χ4v) is 4.81. The Morgan fingerprint density at radius 3 is 2.62 bits per heavy atom. The van der Waals surface area contributed by atoms with E-state index < -0.39 is 10.0 Å². The van der Waals surface area contributed by atoms with Crippen molar-refractivity contribution >= 4 is 27.0 Å². The molecule has 1 heterocycles. The Morgan fingerprint density at radius 2 is 2.00 bits per heavy atom. The summed E-state index contributed by atoms with van der Waals surface area (Å²) in [5, 5.41) is 0. The molecule has 0 aliphatic carbocycles. The van der Waals surface area contributed by atoms with Crippen LogP contribution in [0.1, 0.15) is 28.7 Å². The number of hydrogen-bond donors (Lipinski definition) is 2. The van der Waals surface area contributed by atoms with Gasteiger partial charge in [-0.2, -0.15) is 0 Å². The van der Waals surface area contributed by atoms with Gasteiger partial charge in [-0.3, -0.25) is 4.72 Å². The van der Waals surface area contributed by atoms with Crippen LogP contribution in [0.25, 0.3) is 0 Å². The van der Waals surface area contributed by atoms with E-state index in [1.165, 1.54) is 11.3 Å². The Kier molecular flexibility index (Phi) is 5.03. The van der Waals surface area contributed by atoms with Gasteiger partial charge in [0.25, 0.3) is 10.0 Å². The van der Waals surface area contributed by atoms with E-state index in [0.717, 1.165) is 28.2 Å². The topological polar surface area (TPSA) is 72.2 Å². The average Bonchev–Trinajstić information content (AvgIpc) is 2.83. The van der Waals surface area contributed by atoms with Gasteiger partial charge in [0.05, 0.1) is 5.69 Å². The van der Waals surface area contributed by atoms with Crippen molar-refractivity contribution in [3.8, 4) is 0 Å². The van der Waals surface area contributed by atoms with Gasteiger partial charge in [0.2, 0.25) is 0 Å². The molecule has 3 N–H and O–H groups in total. The first kappa shape index (κ1) is 16.0. The lowest BCUT2D eigenvalue weighted by atomic mass is 10.1. The first-order chi connectivity index (χ1) is 9.97. The quantitative estimate of drug-likeness (QED) is 0.856. The minimum atomic E-state index is -3.57. The second-order valence-electron chi connectivity index (χ2n) is 4.85. The van der Waals surface area contributed by atoms with Crippen LogP contribution in [0.15, 0.2) is 35.2 Å². The van der Waals surface area contributed by atoms with Crippen molar-refractivity contribution in [2.75, 3.05) is 4.72 Å². The summed E-state index contributed by atoms with van der Waals surface area (Å²) in [7, 11) is -3.57. The van der Waals surface area contributed by atoms with Crippen LogP contribution < -0.4 is 10.5 Å². The fourth-order valence-electron chi connectivity index (χ4n) is 2.20. The van der Waals surface area contributed by atoms with E-state index in [9.17, 15) is 8.42 Å². The van der Waals surface area contributed by atoms with Gasteiger partial charge in [-0.25, -0.2) is 8.42 Å². The molecule has 2 rings (SSSR count). The summed E-state index contributed by atoms with van der Waals surface area (Å²) in [5.41, 5.74) is 7.25. The third-order valence-corrected chi connectivity index (χ3v) is 5.89. The summed E-state index contributed by atoms with van der Waals surface area (Å²) >= 11 is 1.42. The fraction of sp³-hybridized carbons (Fsp3) is 0.333. The number of sulfonamides is 1. The minimum Gasteiger partial charge on any atom is -0.326 e. The summed E-state index contributed by atoms with van der Waals surface area (Å²) in [6, 6.07) is 9.17. The molecule has 0 fully saturated rings. The molecular formula is C15H20N2O2S2. The van der Waals surface area contributed by atoms with Crippen molar-refractivity contribution in [3.05, 3.63) is 45.6 Å². The van der Waals surface area contributed by atoms with Crippen molar-refractivity contribution in [2.45, 2.75) is 38.1 Å². The van der Waals surface area contributed by atoms with Crippen molar-refractivity contribution in [1.82, 2.24) is 0 Å². The molecule has 6 heteroatoms. The molecule has 2 aromatic rings. The van der Waals surface area contributed by atoms with E-state index in [2.05, 4.69) is 11.6 Å². The molecule has 0 aliphatic heterocycles. The first-order valence-electron chi connectivity index (χ1n) is 6.88. The molecule has 0 spiro atoms. The number of benzene rings is 1. The van der Waals surface area contributed by atoms with Gasteiger partial charge in [-0.05, 0) is 31.0 Å². The summed E-state index contributed by atoms with van der Waals surface area (Å²) in [6.45, 7) is 4.23. The zero-order valence-electron chi connectivity index (χ0n) is 12.2. The van der Waals surface area contributed by atoms with Gasteiger partial charge >= 0.3 is 0 Å². The molecule has 0 radical (unpaired) electrons. The van der Waals surface area contributed by atoms with Gasteiger partial charge in [-0.15, -0.1) is 11.3 Å². The predicted molar refractivity (Wildman–Crippen MR) is 88.2 cm³/mol. The molecule has 0 bridgehead atoms. The normalized spacial score (nSPS) is 11.6. The number of nitrogens with one attached hydrogen (secondary N) is 1. The monoisotopic (exact) mass is 324 g/mol. The molecule has 1 aromatic carbocycles. The highest BCUT2D eigenvalue weighted by Crippen LogP contribution is 2.28. The SMILES string of the molecule is CCCc1ccccc1NS(=O)(=O)c1cc(CN)sc1C. The Labute approximate surface area is 130 Å². The number of hydrogen-bond acceptors (Lipinski definition) is 4. The van der Waals surface area contributed by atoms with E-state index in [0.29, 0.717) is 17.1 Å². The Morgan fingerprint density at radius 1 is 1.29 bits per heavy atom. The molecule has 0 amide bonds. The molecule has 0 saturated carbocycles. The smallest absolute Gasteiger partial charge is 0.263 e. The highest BCUT2D eigenvalue weighted by Gasteiger charge is 2.20. The summed E-state index contributed by atoms with van der Waals surface area (Å²) < 4.78 is 27.8. The number of anilines is 1. The van der Waals surface area contributed by atoms with E-state index in [4.69, 9.17) is 5.73 Å². The Hall–Kier alpha value is -1.37. The van der Waals surface area contributed by atoms with E-state index >= 15 is 0 Å². The Bertz CT molecular complexity index is 721. The van der Waals surface area contributed by atoms with Crippen molar-refractivity contribution in [1.29, 1.82) is 0 Å². The highest BCUT2D eigenvalue weighted by molar-refractivity contribution is 7.93. The van der Waals surface area contributed by atoms with E-state index in [1.807, 2.05) is 18.2 Å². The van der Waals surface area contributed by atoms with Crippen LogP contribution in [0, 0.1) is 6.92 Å². The highest BCUT2D eigenvalue weighted by atomic mass is 32.2. The molecule has 4 nitrogen and oxygen atoms in total. The zero-order valence-corrected chi connectivity index (χ0v) is 13.9. The standard InChI is InChI=1S/C15H20N2O2S2/c1-3-6-12-7-4-5-8-14(12)17-21(18,19)15-9-13(10-16)20-11(15)2/h4-5,7-9,17H,3,6,10,16H2,1-2H3. The van der Waals surface area contributed by atoms with E-state index in [1.54, 1.807) is 19.1 Å². The number of thiophene rings is 1. The van der Waals surface area contributed by atoms with Gasteiger partial charge in [0, 0.05) is 16.3 Å². The molecule has 1 aromatic heterocycles. The van der Waals surface area contributed by atoms with Crippen LogP contribution in [0.5, 0.6) is 0 Å². The maximum Gasteiger partial charge on any atom is 0.263 e. The minimum absolute atomic E-state index is 0.319. The number of rotatable bonds is 6. The molecule has 0 unspecified atom stereocenters. The molecular weight excluding hydrogens is 304 g/mol. The molecule has 0 aliphatic rings. The van der Waals surface area contributed by atoms with Crippen molar-refractivity contribution in [3.63, 3.8) is 0 Å².